The minimum absolute atomic E-state index is 0.00168. The minimum atomic E-state index is -4.61. The molecule has 0 aliphatic carbocycles. The van der Waals surface area contributed by atoms with Crippen LogP contribution in [0.25, 0.3) is 0 Å². The molecule has 4 rings (SSSR count). The number of benzene rings is 1. The standard InChI is InChI=1S/C25H26F3N5O3/c1-29-22-10-16(6-8-30-22)14-32-23-21(5-2-7-31-23)24(34)33-18-11-17(25(26,27)28)12-20(13-18)36-15-19-4-3-9-35-19/h2,5-8,10-13,19H,3-4,9,14-15H2,1H3,(H,29,30)(H,31,32)(H,33,34). The van der Waals surface area contributed by atoms with Gasteiger partial charge in [0.05, 0.1) is 17.2 Å². The van der Waals surface area contributed by atoms with Crippen LogP contribution in [0.5, 0.6) is 5.75 Å². The topological polar surface area (TPSA) is 97.4 Å². The fraction of sp³-hybridized carbons (Fsp3) is 0.320. The Morgan fingerprint density at radius 2 is 2.03 bits per heavy atom. The fourth-order valence-corrected chi connectivity index (χ4v) is 3.72. The molecule has 3 N–H and O–H groups in total. The average Bonchev–Trinajstić information content (AvgIpc) is 3.40. The molecule has 1 amide bonds. The summed E-state index contributed by atoms with van der Waals surface area (Å²) in [5.74, 6) is 0.369. The number of ether oxygens (including phenoxy) is 2. The Bertz CT molecular complexity index is 1200. The molecule has 1 fully saturated rings. The molecule has 190 valence electrons. The van der Waals surface area contributed by atoms with E-state index in [1.54, 1.807) is 25.4 Å². The van der Waals surface area contributed by atoms with Crippen LogP contribution in [0.15, 0.2) is 54.9 Å². The van der Waals surface area contributed by atoms with E-state index in [9.17, 15) is 18.0 Å². The lowest BCUT2D eigenvalue weighted by molar-refractivity contribution is -0.137. The molecule has 1 aliphatic heterocycles. The maximum atomic E-state index is 13.5. The summed E-state index contributed by atoms with van der Waals surface area (Å²) in [5.41, 5.74) is 0.113. The van der Waals surface area contributed by atoms with E-state index in [-0.39, 0.29) is 29.7 Å². The molecular formula is C25H26F3N5O3. The number of anilines is 3. The van der Waals surface area contributed by atoms with Gasteiger partial charge >= 0.3 is 6.18 Å². The van der Waals surface area contributed by atoms with Gasteiger partial charge in [-0.2, -0.15) is 13.2 Å². The van der Waals surface area contributed by atoms with Crippen molar-refractivity contribution in [2.24, 2.45) is 0 Å². The summed E-state index contributed by atoms with van der Waals surface area (Å²) in [6.45, 7) is 1.10. The number of nitrogens with one attached hydrogen (secondary N) is 3. The molecule has 2 aromatic heterocycles. The molecule has 1 saturated heterocycles. The molecule has 11 heteroatoms. The van der Waals surface area contributed by atoms with Crippen molar-refractivity contribution in [3.8, 4) is 5.75 Å². The van der Waals surface area contributed by atoms with Gasteiger partial charge in [-0.05, 0) is 54.8 Å². The second-order valence-corrected chi connectivity index (χ2v) is 8.20. The Morgan fingerprint density at radius 1 is 1.17 bits per heavy atom. The van der Waals surface area contributed by atoms with Crippen molar-refractivity contribution >= 4 is 23.2 Å². The van der Waals surface area contributed by atoms with Crippen molar-refractivity contribution in [1.82, 2.24) is 9.97 Å². The van der Waals surface area contributed by atoms with Crippen LogP contribution < -0.4 is 20.7 Å². The summed E-state index contributed by atoms with van der Waals surface area (Å²) in [4.78, 5) is 21.4. The van der Waals surface area contributed by atoms with Crippen LogP contribution in [0.2, 0.25) is 0 Å². The van der Waals surface area contributed by atoms with Gasteiger partial charge in [-0.15, -0.1) is 0 Å². The Hall–Kier alpha value is -3.86. The quantitative estimate of drug-likeness (QED) is 0.381. The Morgan fingerprint density at radius 3 is 2.78 bits per heavy atom. The van der Waals surface area contributed by atoms with E-state index >= 15 is 0 Å². The number of pyridine rings is 2. The molecule has 36 heavy (non-hydrogen) atoms. The second kappa shape index (κ2) is 11.3. The number of carbonyl (C=O) groups is 1. The average molecular weight is 502 g/mol. The fourth-order valence-electron chi connectivity index (χ4n) is 3.72. The zero-order valence-corrected chi connectivity index (χ0v) is 19.6. The van der Waals surface area contributed by atoms with Gasteiger partial charge in [0.2, 0.25) is 0 Å². The third kappa shape index (κ3) is 6.63. The van der Waals surface area contributed by atoms with Crippen LogP contribution in [0.3, 0.4) is 0 Å². The van der Waals surface area contributed by atoms with Crippen molar-refractivity contribution in [3.05, 3.63) is 71.5 Å². The third-order valence-corrected chi connectivity index (χ3v) is 5.54. The Kier molecular flexibility index (Phi) is 7.89. The largest absolute Gasteiger partial charge is 0.491 e. The van der Waals surface area contributed by atoms with Crippen LogP contribution in [0, 0.1) is 0 Å². The molecule has 0 bridgehead atoms. The highest BCUT2D eigenvalue weighted by Crippen LogP contribution is 2.34. The number of amides is 1. The summed E-state index contributed by atoms with van der Waals surface area (Å²) in [6, 6.07) is 9.93. The number of carbonyl (C=O) groups excluding carboxylic acids is 1. The zero-order chi connectivity index (χ0) is 25.5. The zero-order valence-electron chi connectivity index (χ0n) is 19.6. The van der Waals surface area contributed by atoms with Crippen molar-refractivity contribution in [2.45, 2.75) is 31.7 Å². The summed E-state index contributed by atoms with van der Waals surface area (Å²) >= 11 is 0. The summed E-state index contributed by atoms with van der Waals surface area (Å²) in [6.07, 6.45) is 0.0750. The van der Waals surface area contributed by atoms with Crippen LogP contribution >= 0.6 is 0 Å². The molecule has 1 aromatic carbocycles. The second-order valence-electron chi connectivity index (χ2n) is 8.20. The highest BCUT2D eigenvalue weighted by molar-refractivity contribution is 6.07. The number of nitrogens with zero attached hydrogens (tertiary/aromatic N) is 2. The molecule has 1 unspecified atom stereocenters. The lowest BCUT2D eigenvalue weighted by Gasteiger charge is -2.16. The minimum Gasteiger partial charge on any atom is -0.491 e. The first-order chi connectivity index (χ1) is 17.3. The highest BCUT2D eigenvalue weighted by Gasteiger charge is 2.32. The molecular weight excluding hydrogens is 475 g/mol. The molecule has 0 radical (unpaired) electrons. The van der Waals surface area contributed by atoms with E-state index in [0.29, 0.717) is 24.8 Å². The van der Waals surface area contributed by atoms with Gasteiger partial charge < -0.3 is 25.4 Å². The molecule has 3 heterocycles. The Labute approximate surface area is 206 Å². The number of rotatable bonds is 9. The van der Waals surface area contributed by atoms with E-state index in [4.69, 9.17) is 9.47 Å². The predicted octanol–water partition coefficient (Wildman–Crippen LogP) is 4.96. The molecule has 8 nitrogen and oxygen atoms in total. The van der Waals surface area contributed by atoms with Crippen molar-refractivity contribution in [2.75, 3.05) is 36.2 Å². The maximum Gasteiger partial charge on any atom is 0.416 e. The molecule has 0 spiro atoms. The lowest BCUT2D eigenvalue weighted by atomic mass is 10.1. The van der Waals surface area contributed by atoms with Gasteiger partial charge in [-0.3, -0.25) is 4.79 Å². The highest BCUT2D eigenvalue weighted by atomic mass is 19.4. The van der Waals surface area contributed by atoms with Gasteiger partial charge in [-0.25, -0.2) is 9.97 Å². The summed E-state index contributed by atoms with van der Waals surface area (Å²) in [5, 5.41) is 8.60. The Balaban J connectivity index is 1.50. The monoisotopic (exact) mass is 501 g/mol. The number of halogens is 3. The van der Waals surface area contributed by atoms with Gasteiger partial charge in [-0.1, -0.05) is 0 Å². The van der Waals surface area contributed by atoms with E-state index in [1.165, 1.54) is 12.3 Å². The van der Waals surface area contributed by atoms with E-state index < -0.39 is 17.6 Å². The first kappa shape index (κ1) is 25.2. The normalized spacial score (nSPS) is 15.4. The van der Waals surface area contributed by atoms with Gasteiger partial charge in [0.15, 0.2) is 0 Å². The van der Waals surface area contributed by atoms with Crippen LogP contribution in [-0.4, -0.2) is 42.2 Å². The van der Waals surface area contributed by atoms with Gasteiger partial charge in [0.1, 0.15) is 24.0 Å². The number of hydrogen-bond donors (Lipinski definition) is 3. The first-order valence-electron chi connectivity index (χ1n) is 11.4. The summed E-state index contributed by atoms with van der Waals surface area (Å²) in [7, 11) is 1.76. The van der Waals surface area contributed by atoms with Gasteiger partial charge in [0, 0.05) is 44.3 Å². The van der Waals surface area contributed by atoms with Crippen LogP contribution in [-0.2, 0) is 17.5 Å². The van der Waals surface area contributed by atoms with Gasteiger partial charge in [0.25, 0.3) is 5.91 Å². The number of alkyl halides is 3. The van der Waals surface area contributed by atoms with Crippen LogP contribution in [0.1, 0.15) is 34.3 Å². The van der Waals surface area contributed by atoms with E-state index in [0.717, 1.165) is 30.5 Å². The van der Waals surface area contributed by atoms with E-state index in [1.807, 2.05) is 12.1 Å². The van der Waals surface area contributed by atoms with E-state index in [2.05, 4.69) is 25.9 Å². The molecule has 1 atom stereocenters. The van der Waals surface area contributed by atoms with Crippen molar-refractivity contribution < 1.29 is 27.4 Å². The third-order valence-electron chi connectivity index (χ3n) is 5.54. The molecule has 0 saturated carbocycles. The lowest BCUT2D eigenvalue weighted by Crippen LogP contribution is -2.18. The SMILES string of the molecule is CNc1cc(CNc2ncccc2C(=O)Nc2cc(OCC3CCCO3)cc(C(F)(F)F)c2)ccn1. The summed E-state index contributed by atoms with van der Waals surface area (Å²) < 4.78 is 51.6. The predicted molar refractivity (Wildman–Crippen MR) is 129 cm³/mol. The maximum absolute atomic E-state index is 13.5. The van der Waals surface area contributed by atoms with Crippen molar-refractivity contribution in [3.63, 3.8) is 0 Å². The van der Waals surface area contributed by atoms with Crippen LogP contribution in [0.4, 0.5) is 30.5 Å². The number of hydrogen-bond acceptors (Lipinski definition) is 7. The first-order valence-corrected chi connectivity index (χ1v) is 11.4. The smallest absolute Gasteiger partial charge is 0.416 e. The number of aromatic nitrogens is 2. The molecule has 1 aliphatic rings. The molecule has 3 aromatic rings. The van der Waals surface area contributed by atoms with Crippen molar-refractivity contribution in [1.29, 1.82) is 0 Å².